The molecule has 10 heteroatoms. The first kappa shape index (κ1) is 24.7. The van der Waals surface area contributed by atoms with E-state index in [2.05, 4.69) is 5.32 Å². The highest BCUT2D eigenvalue weighted by Crippen LogP contribution is 2.26. The molecule has 3 aromatic rings. The van der Waals surface area contributed by atoms with Crippen LogP contribution < -0.4 is 15.0 Å². The molecule has 0 aliphatic carbocycles. The minimum atomic E-state index is -0.884. The minimum absolute atomic E-state index is 0.0586. The van der Waals surface area contributed by atoms with Gasteiger partial charge >= 0.3 is 12.0 Å². The molecule has 4 rings (SSSR count). The normalized spacial score (nSPS) is 14.7. The van der Waals surface area contributed by atoms with Crippen molar-refractivity contribution in [2.75, 3.05) is 4.90 Å². The van der Waals surface area contributed by atoms with Crippen LogP contribution in [0.2, 0.25) is 0 Å². The summed E-state index contributed by atoms with van der Waals surface area (Å²) in [6.45, 7) is 1.80. The molecule has 0 saturated carbocycles. The number of hydrogen-bond acceptors (Lipinski definition) is 7. The van der Waals surface area contributed by atoms with Gasteiger partial charge in [-0.15, -0.1) is 0 Å². The number of nitrogens with zero attached hydrogens (tertiary/aromatic N) is 2. The van der Waals surface area contributed by atoms with Gasteiger partial charge in [-0.1, -0.05) is 42.5 Å². The molecular weight excluding hydrogens is 478 g/mol. The van der Waals surface area contributed by atoms with E-state index in [1.54, 1.807) is 49.4 Å². The Balaban J connectivity index is 1.59. The summed E-state index contributed by atoms with van der Waals surface area (Å²) in [5, 5.41) is 13.1. The summed E-state index contributed by atoms with van der Waals surface area (Å²) >= 11 is 0. The number of hydrogen-bond donors (Lipinski definition) is 1. The molecule has 1 aliphatic rings. The molecule has 0 unspecified atom stereocenters. The van der Waals surface area contributed by atoms with E-state index in [1.165, 1.54) is 42.5 Å². The maximum atomic E-state index is 13.1. The van der Waals surface area contributed by atoms with E-state index in [4.69, 9.17) is 4.74 Å². The van der Waals surface area contributed by atoms with Gasteiger partial charge in [0.1, 0.15) is 11.3 Å². The zero-order valence-corrected chi connectivity index (χ0v) is 19.4. The zero-order valence-electron chi connectivity index (χ0n) is 19.4. The number of imide groups is 2. The summed E-state index contributed by atoms with van der Waals surface area (Å²) in [4.78, 5) is 61.7. The average Bonchev–Trinajstić information content (AvgIpc) is 2.86. The molecule has 184 valence electrons. The third-order valence-electron chi connectivity index (χ3n) is 5.28. The van der Waals surface area contributed by atoms with E-state index in [0.717, 1.165) is 16.5 Å². The van der Waals surface area contributed by atoms with Gasteiger partial charge in [0.2, 0.25) is 0 Å². The molecule has 0 spiro atoms. The number of non-ortho nitro benzene ring substituents is 1. The quantitative estimate of drug-likeness (QED) is 0.135. The molecular formula is C27H19N3O7. The number of nitrogens with one attached hydrogen (secondary N) is 1. The van der Waals surface area contributed by atoms with Gasteiger partial charge in [-0.2, -0.15) is 0 Å². The second-order valence-electron chi connectivity index (χ2n) is 7.94. The van der Waals surface area contributed by atoms with Crippen LogP contribution in [0.25, 0.3) is 12.2 Å². The Morgan fingerprint density at radius 3 is 2.51 bits per heavy atom. The van der Waals surface area contributed by atoms with Crippen LogP contribution in [-0.4, -0.2) is 28.7 Å². The number of aryl methyl sites for hydroxylation is 1. The number of rotatable bonds is 6. The van der Waals surface area contributed by atoms with E-state index in [1.807, 2.05) is 0 Å². The SMILES string of the molecule is Cc1cccc(N2C(=O)NC(=O)/C(=C/c3ccccc3OC(=O)/C=C/c3cccc([N+](=O)[O-])c3)C2=O)c1. The van der Waals surface area contributed by atoms with E-state index in [9.17, 15) is 29.3 Å². The summed E-state index contributed by atoms with van der Waals surface area (Å²) in [5.41, 5.74) is 1.34. The van der Waals surface area contributed by atoms with Gasteiger partial charge < -0.3 is 4.74 Å². The summed E-state index contributed by atoms with van der Waals surface area (Å²) in [6, 6.07) is 17.7. The van der Waals surface area contributed by atoms with Crippen molar-refractivity contribution in [3.63, 3.8) is 0 Å². The Kier molecular flexibility index (Phi) is 7.01. The first-order valence-electron chi connectivity index (χ1n) is 10.9. The highest BCUT2D eigenvalue weighted by atomic mass is 16.6. The number of para-hydroxylation sites is 1. The summed E-state index contributed by atoms with van der Waals surface area (Å²) in [5.74, 6) is -2.44. The molecule has 10 nitrogen and oxygen atoms in total. The molecule has 0 bridgehead atoms. The fourth-order valence-electron chi connectivity index (χ4n) is 3.56. The zero-order chi connectivity index (χ0) is 26.5. The van der Waals surface area contributed by atoms with E-state index in [0.29, 0.717) is 11.3 Å². The maximum Gasteiger partial charge on any atom is 0.336 e. The molecule has 1 fully saturated rings. The number of nitro groups is 1. The van der Waals surface area contributed by atoms with Gasteiger partial charge in [0, 0.05) is 23.8 Å². The Bertz CT molecular complexity index is 1510. The van der Waals surface area contributed by atoms with Gasteiger partial charge in [-0.3, -0.25) is 25.0 Å². The van der Waals surface area contributed by atoms with Crippen LogP contribution in [0.5, 0.6) is 5.75 Å². The summed E-state index contributed by atoms with van der Waals surface area (Å²) in [6.07, 6.45) is 3.69. The molecule has 1 N–H and O–H groups in total. The predicted molar refractivity (Wildman–Crippen MR) is 134 cm³/mol. The second kappa shape index (κ2) is 10.5. The van der Waals surface area contributed by atoms with Crippen molar-refractivity contribution in [2.24, 2.45) is 0 Å². The van der Waals surface area contributed by atoms with Crippen LogP contribution in [0.1, 0.15) is 16.7 Å². The topological polar surface area (TPSA) is 136 Å². The molecule has 0 atom stereocenters. The number of amides is 4. The van der Waals surface area contributed by atoms with Gasteiger partial charge in [-0.05, 0) is 48.4 Å². The number of anilines is 1. The monoisotopic (exact) mass is 497 g/mol. The molecule has 0 aromatic heterocycles. The van der Waals surface area contributed by atoms with Crippen molar-refractivity contribution < 1.29 is 28.8 Å². The van der Waals surface area contributed by atoms with Crippen molar-refractivity contribution in [1.29, 1.82) is 0 Å². The molecule has 37 heavy (non-hydrogen) atoms. The largest absolute Gasteiger partial charge is 0.423 e. The van der Waals surface area contributed by atoms with Gasteiger partial charge in [0.15, 0.2) is 0 Å². The minimum Gasteiger partial charge on any atom is -0.423 e. The smallest absolute Gasteiger partial charge is 0.336 e. The van der Waals surface area contributed by atoms with Gasteiger partial charge in [0.25, 0.3) is 17.5 Å². The number of ether oxygens (including phenoxy) is 1. The number of benzene rings is 3. The Morgan fingerprint density at radius 1 is 1.00 bits per heavy atom. The molecule has 1 heterocycles. The van der Waals surface area contributed by atoms with Crippen molar-refractivity contribution in [1.82, 2.24) is 5.32 Å². The van der Waals surface area contributed by atoms with Crippen molar-refractivity contribution in [3.8, 4) is 5.75 Å². The van der Waals surface area contributed by atoms with Crippen LogP contribution >= 0.6 is 0 Å². The average molecular weight is 497 g/mol. The highest BCUT2D eigenvalue weighted by molar-refractivity contribution is 6.39. The van der Waals surface area contributed by atoms with Crippen LogP contribution in [0, 0.1) is 17.0 Å². The molecule has 4 amide bonds. The lowest BCUT2D eigenvalue weighted by atomic mass is 10.1. The van der Waals surface area contributed by atoms with Gasteiger partial charge in [-0.25, -0.2) is 14.5 Å². The number of carbonyl (C=O) groups excluding carboxylic acids is 4. The third kappa shape index (κ3) is 5.65. The highest BCUT2D eigenvalue weighted by Gasteiger charge is 2.37. The standard InChI is InChI=1S/C27H19N3O7/c1-17-6-4-9-20(14-17)29-26(33)22(25(32)28-27(29)34)16-19-8-2-3-11-23(19)37-24(31)13-12-18-7-5-10-21(15-18)30(35)36/h2-16H,1H3,(H,28,32,34)/b13-12+,22-16-. The molecule has 1 aliphatic heterocycles. The van der Waals surface area contributed by atoms with Crippen molar-refractivity contribution in [2.45, 2.75) is 6.92 Å². The Hall–Kier alpha value is -5.38. The first-order chi connectivity index (χ1) is 17.7. The molecule has 3 aromatic carbocycles. The van der Waals surface area contributed by atoms with E-state index >= 15 is 0 Å². The van der Waals surface area contributed by atoms with Crippen molar-refractivity contribution >= 4 is 47.3 Å². The molecule has 0 radical (unpaired) electrons. The summed E-state index contributed by atoms with van der Waals surface area (Å²) in [7, 11) is 0. The van der Waals surface area contributed by atoms with E-state index in [-0.39, 0.29) is 22.6 Å². The lowest BCUT2D eigenvalue weighted by molar-refractivity contribution is -0.384. The molecule has 1 saturated heterocycles. The fraction of sp³-hybridized carbons (Fsp3) is 0.0370. The van der Waals surface area contributed by atoms with Crippen LogP contribution in [0.15, 0.2) is 84.4 Å². The fourth-order valence-corrected chi connectivity index (χ4v) is 3.56. The second-order valence-corrected chi connectivity index (χ2v) is 7.94. The Morgan fingerprint density at radius 2 is 1.76 bits per heavy atom. The van der Waals surface area contributed by atoms with E-state index < -0.39 is 28.7 Å². The van der Waals surface area contributed by atoms with Crippen LogP contribution in [-0.2, 0) is 14.4 Å². The maximum absolute atomic E-state index is 13.1. The lowest BCUT2D eigenvalue weighted by Crippen LogP contribution is -2.54. The lowest BCUT2D eigenvalue weighted by Gasteiger charge is -2.26. The third-order valence-corrected chi connectivity index (χ3v) is 5.28. The summed E-state index contributed by atoms with van der Waals surface area (Å²) < 4.78 is 5.38. The number of nitro benzene ring substituents is 1. The number of barbiturate groups is 1. The Labute approximate surface area is 210 Å². The number of urea groups is 1. The number of esters is 1. The van der Waals surface area contributed by atoms with Crippen LogP contribution in [0.4, 0.5) is 16.2 Å². The first-order valence-corrected chi connectivity index (χ1v) is 10.9. The van der Waals surface area contributed by atoms with Gasteiger partial charge in [0.05, 0.1) is 10.6 Å². The number of carbonyl (C=O) groups is 4. The van der Waals surface area contributed by atoms with Crippen LogP contribution in [0.3, 0.4) is 0 Å². The van der Waals surface area contributed by atoms with Crippen molar-refractivity contribution in [3.05, 3.63) is 111 Å². The predicted octanol–water partition coefficient (Wildman–Crippen LogP) is 4.19.